The highest BCUT2D eigenvalue weighted by molar-refractivity contribution is 5.60. The first kappa shape index (κ1) is 20.9. The molecule has 1 aliphatic rings. The van der Waals surface area contributed by atoms with Crippen molar-refractivity contribution in [2.24, 2.45) is 7.05 Å². The Labute approximate surface area is 183 Å². The van der Waals surface area contributed by atoms with E-state index in [0.29, 0.717) is 11.7 Å². The first-order valence-electron chi connectivity index (χ1n) is 10.7. The van der Waals surface area contributed by atoms with Crippen molar-refractivity contribution in [1.82, 2.24) is 14.5 Å². The molecule has 1 saturated heterocycles. The molecule has 7 heteroatoms. The lowest BCUT2D eigenvalue weighted by atomic mass is 10.0. The Morgan fingerprint density at radius 2 is 1.55 bits per heavy atom. The molecule has 0 unspecified atom stereocenters. The summed E-state index contributed by atoms with van der Waals surface area (Å²) in [5.41, 5.74) is 3.99. The highest BCUT2D eigenvalue weighted by Gasteiger charge is 2.25. The van der Waals surface area contributed by atoms with Gasteiger partial charge in [-0.1, -0.05) is 0 Å². The molecule has 2 aromatic heterocycles. The topological polar surface area (TPSA) is 57.5 Å². The molecule has 162 valence electrons. The van der Waals surface area contributed by atoms with E-state index >= 15 is 0 Å². The number of piperidine rings is 1. The summed E-state index contributed by atoms with van der Waals surface area (Å²) in [6, 6.07) is 14.5. The molecule has 1 aliphatic heterocycles. The third-order valence-electron chi connectivity index (χ3n) is 6.16. The molecule has 31 heavy (non-hydrogen) atoms. The summed E-state index contributed by atoms with van der Waals surface area (Å²) in [6.45, 7) is 1.73. The first-order valence-corrected chi connectivity index (χ1v) is 10.7. The number of nitrogens with zero attached hydrogens (tertiary/aromatic N) is 6. The van der Waals surface area contributed by atoms with Crippen LogP contribution in [0.25, 0.3) is 11.3 Å². The SMILES string of the molecule is CN(C)c1ccc(N(C)C2CCN(c3nc(-c4ccncc4)cc(=O)n3C)CC2)cc1. The first-order chi connectivity index (χ1) is 14.9. The number of benzene rings is 1. The van der Waals surface area contributed by atoms with Crippen LogP contribution in [0.5, 0.6) is 0 Å². The van der Waals surface area contributed by atoms with E-state index in [4.69, 9.17) is 4.98 Å². The fourth-order valence-electron chi connectivity index (χ4n) is 4.13. The molecule has 4 rings (SSSR count). The lowest BCUT2D eigenvalue weighted by Crippen LogP contribution is -2.45. The highest BCUT2D eigenvalue weighted by atomic mass is 16.1. The zero-order valence-corrected chi connectivity index (χ0v) is 18.7. The summed E-state index contributed by atoms with van der Waals surface area (Å²) >= 11 is 0. The van der Waals surface area contributed by atoms with E-state index in [1.54, 1.807) is 30.1 Å². The van der Waals surface area contributed by atoms with Crippen LogP contribution in [0.4, 0.5) is 17.3 Å². The molecule has 0 spiro atoms. The molecule has 3 aromatic rings. The van der Waals surface area contributed by atoms with Crippen molar-refractivity contribution in [1.29, 1.82) is 0 Å². The van der Waals surface area contributed by atoms with Gasteiger partial charge in [0.25, 0.3) is 5.56 Å². The number of hydrogen-bond donors (Lipinski definition) is 0. The standard InChI is InChI=1S/C24H30N6O/c1-27(2)19-5-7-20(8-6-19)28(3)21-11-15-30(16-12-21)24-26-22(17-23(31)29(24)4)18-9-13-25-14-10-18/h5-10,13-14,17,21H,11-12,15-16H2,1-4H3. The van der Waals surface area contributed by atoms with Crippen molar-refractivity contribution >= 4 is 17.3 Å². The quantitative estimate of drug-likeness (QED) is 0.635. The summed E-state index contributed by atoms with van der Waals surface area (Å²) in [5, 5.41) is 0. The summed E-state index contributed by atoms with van der Waals surface area (Å²) < 4.78 is 1.65. The minimum atomic E-state index is -0.0444. The number of rotatable bonds is 5. The Morgan fingerprint density at radius 1 is 0.935 bits per heavy atom. The van der Waals surface area contributed by atoms with E-state index < -0.39 is 0 Å². The van der Waals surface area contributed by atoms with Gasteiger partial charge in [0.1, 0.15) is 0 Å². The smallest absolute Gasteiger partial charge is 0.255 e. The average molecular weight is 419 g/mol. The van der Waals surface area contributed by atoms with Crippen LogP contribution >= 0.6 is 0 Å². The van der Waals surface area contributed by atoms with Gasteiger partial charge in [0, 0.05) is 82.7 Å². The molecule has 0 N–H and O–H groups in total. The summed E-state index contributed by atoms with van der Waals surface area (Å²) in [4.78, 5) is 28.2. The van der Waals surface area contributed by atoms with Crippen LogP contribution in [0.2, 0.25) is 0 Å². The molecule has 0 aliphatic carbocycles. The van der Waals surface area contributed by atoms with Gasteiger partial charge >= 0.3 is 0 Å². The van der Waals surface area contributed by atoms with E-state index in [1.807, 2.05) is 12.1 Å². The van der Waals surface area contributed by atoms with Gasteiger partial charge in [-0.05, 0) is 49.2 Å². The summed E-state index contributed by atoms with van der Waals surface area (Å²) in [7, 11) is 8.08. The minimum absolute atomic E-state index is 0.0444. The maximum Gasteiger partial charge on any atom is 0.255 e. The minimum Gasteiger partial charge on any atom is -0.378 e. The zero-order chi connectivity index (χ0) is 22.0. The molecule has 3 heterocycles. The molecular formula is C24H30N6O. The van der Waals surface area contributed by atoms with Crippen LogP contribution in [-0.2, 0) is 7.05 Å². The second kappa shape index (κ2) is 8.79. The van der Waals surface area contributed by atoms with Crippen molar-refractivity contribution in [3.05, 3.63) is 65.2 Å². The second-order valence-electron chi connectivity index (χ2n) is 8.31. The molecular weight excluding hydrogens is 388 g/mol. The van der Waals surface area contributed by atoms with Crippen LogP contribution in [0.1, 0.15) is 12.8 Å². The highest BCUT2D eigenvalue weighted by Crippen LogP contribution is 2.26. The van der Waals surface area contributed by atoms with Crippen molar-refractivity contribution in [2.75, 3.05) is 48.9 Å². The van der Waals surface area contributed by atoms with Gasteiger partial charge in [-0.25, -0.2) is 4.98 Å². The van der Waals surface area contributed by atoms with Crippen LogP contribution in [-0.4, -0.2) is 54.8 Å². The number of hydrogen-bond acceptors (Lipinski definition) is 6. The van der Waals surface area contributed by atoms with Crippen LogP contribution < -0.4 is 20.3 Å². The molecule has 1 fully saturated rings. The van der Waals surface area contributed by atoms with Gasteiger partial charge < -0.3 is 14.7 Å². The molecule has 7 nitrogen and oxygen atoms in total. The van der Waals surface area contributed by atoms with E-state index in [-0.39, 0.29) is 5.56 Å². The zero-order valence-electron chi connectivity index (χ0n) is 18.7. The molecule has 1 aromatic carbocycles. The van der Waals surface area contributed by atoms with Gasteiger partial charge in [0.15, 0.2) is 0 Å². The molecule has 0 radical (unpaired) electrons. The van der Waals surface area contributed by atoms with E-state index in [1.165, 1.54) is 11.4 Å². The Balaban J connectivity index is 1.48. The average Bonchev–Trinajstić information content (AvgIpc) is 2.81. The lowest BCUT2D eigenvalue weighted by Gasteiger charge is -2.38. The van der Waals surface area contributed by atoms with Gasteiger partial charge in [0.05, 0.1) is 5.69 Å². The van der Waals surface area contributed by atoms with E-state index in [2.05, 4.69) is 65.1 Å². The molecule has 0 atom stereocenters. The predicted molar refractivity (Wildman–Crippen MR) is 127 cm³/mol. The molecule has 0 bridgehead atoms. The predicted octanol–water partition coefficient (Wildman–Crippen LogP) is 3.01. The summed E-state index contributed by atoms with van der Waals surface area (Å²) in [5.74, 6) is 0.732. The number of pyridine rings is 1. The third kappa shape index (κ3) is 4.40. The molecule has 0 saturated carbocycles. The van der Waals surface area contributed by atoms with Gasteiger partial charge in [-0.15, -0.1) is 0 Å². The Hall–Kier alpha value is -3.35. The normalized spacial score (nSPS) is 14.5. The van der Waals surface area contributed by atoms with Crippen LogP contribution in [0, 0.1) is 0 Å². The van der Waals surface area contributed by atoms with Crippen LogP contribution in [0.15, 0.2) is 59.7 Å². The maximum atomic E-state index is 12.6. The third-order valence-corrected chi connectivity index (χ3v) is 6.16. The van der Waals surface area contributed by atoms with Gasteiger partial charge in [0.2, 0.25) is 5.95 Å². The fraction of sp³-hybridized carbons (Fsp3) is 0.375. The van der Waals surface area contributed by atoms with Gasteiger partial charge in [-0.3, -0.25) is 14.3 Å². The van der Waals surface area contributed by atoms with Gasteiger partial charge in [-0.2, -0.15) is 0 Å². The fourth-order valence-corrected chi connectivity index (χ4v) is 4.13. The number of aromatic nitrogens is 3. The van der Waals surface area contributed by atoms with Crippen molar-refractivity contribution in [3.8, 4) is 11.3 Å². The van der Waals surface area contributed by atoms with Crippen LogP contribution in [0.3, 0.4) is 0 Å². The molecule has 0 amide bonds. The van der Waals surface area contributed by atoms with Crippen molar-refractivity contribution in [2.45, 2.75) is 18.9 Å². The monoisotopic (exact) mass is 418 g/mol. The Kier molecular flexibility index (Phi) is 5.93. The largest absolute Gasteiger partial charge is 0.378 e. The maximum absolute atomic E-state index is 12.6. The summed E-state index contributed by atoms with van der Waals surface area (Å²) in [6.07, 6.45) is 5.48. The van der Waals surface area contributed by atoms with E-state index in [9.17, 15) is 4.79 Å². The lowest BCUT2D eigenvalue weighted by molar-refractivity contribution is 0.473. The van der Waals surface area contributed by atoms with Crippen molar-refractivity contribution in [3.63, 3.8) is 0 Å². The Bertz CT molecular complexity index is 1070. The van der Waals surface area contributed by atoms with Crippen molar-refractivity contribution < 1.29 is 0 Å². The Morgan fingerprint density at radius 3 is 2.16 bits per heavy atom. The second-order valence-corrected chi connectivity index (χ2v) is 8.31. The number of anilines is 3. The van der Waals surface area contributed by atoms with E-state index in [0.717, 1.165) is 37.4 Å².